The molecule has 0 radical (unpaired) electrons. The van der Waals surface area contributed by atoms with Crippen LogP contribution in [0.4, 0.5) is 5.69 Å². The standard InChI is InChI=1S/C19H17ClN2OS/c1-14-13-24-19(21-14)22(17-10-8-16(20)9-11-17)18(23)12-7-15-5-3-2-4-6-15/h2-12,14H,13H2,1H3/b12-7+. The van der Waals surface area contributed by atoms with Crippen LogP contribution in [0.3, 0.4) is 0 Å². The number of hydrogen-bond donors (Lipinski definition) is 0. The second kappa shape index (κ2) is 7.69. The second-order valence-corrected chi connectivity index (χ2v) is 6.89. The number of carbonyl (C=O) groups excluding carboxylic acids is 1. The number of carbonyl (C=O) groups is 1. The van der Waals surface area contributed by atoms with Gasteiger partial charge in [0.25, 0.3) is 5.91 Å². The van der Waals surface area contributed by atoms with E-state index in [4.69, 9.17) is 11.6 Å². The first-order chi connectivity index (χ1) is 11.6. The molecule has 0 spiro atoms. The minimum atomic E-state index is -0.124. The van der Waals surface area contributed by atoms with Crippen molar-refractivity contribution in [1.82, 2.24) is 0 Å². The van der Waals surface area contributed by atoms with Gasteiger partial charge in [-0.3, -0.25) is 14.7 Å². The number of aliphatic imine (C=N–C) groups is 1. The lowest BCUT2D eigenvalue weighted by atomic mass is 10.2. The fourth-order valence-electron chi connectivity index (χ4n) is 2.31. The van der Waals surface area contributed by atoms with Gasteiger partial charge in [-0.15, -0.1) is 0 Å². The highest BCUT2D eigenvalue weighted by atomic mass is 35.5. The third-order valence-corrected chi connectivity index (χ3v) is 4.95. The predicted octanol–water partition coefficient (Wildman–Crippen LogP) is 4.88. The quantitative estimate of drug-likeness (QED) is 0.734. The van der Waals surface area contributed by atoms with E-state index in [9.17, 15) is 4.79 Å². The van der Waals surface area contributed by atoms with E-state index < -0.39 is 0 Å². The smallest absolute Gasteiger partial charge is 0.257 e. The molecule has 122 valence electrons. The van der Waals surface area contributed by atoms with Crippen LogP contribution in [0.15, 0.2) is 65.7 Å². The Morgan fingerprint density at radius 1 is 1.21 bits per heavy atom. The molecule has 1 atom stereocenters. The van der Waals surface area contributed by atoms with E-state index in [0.29, 0.717) is 5.02 Å². The minimum absolute atomic E-state index is 0.124. The SMILES string of the molecule is CC1CSC(N(C(=O)/C=C/c2ccccc2)c2ccc(Cl)cc2)=N1. The van der Waals surface area contributed by atoms with Crippen molar-refractivity contribution >= 4 is 46.2 Å². The molecule has 1 aliphatic heterocycles. The van der Waals surface area contributed by atoms with Crippen LogP contribution in [0.5, 0.6) is 0 Å². The van der Waals surface area contributed by atoms with Crippen LogP contribution in [0.2, 0.25) is 5.02 Å². The van der Waals surface area contributed by atoms with Crippen LogP contribution < -0.4 is 4.90 Å². The maximum atomic E-state index is 12.8. The Balaban J connectivity index is 1.89. The van der Waals surface area contributed by atoms with Crippen LogP contribution in [-0.4, -0.2) is 22.9 Å². The average molecular weight is 357 g/mol. The summed E-state index contributed by atoms with van der Waals surface area (Å²) in [6.45, 7) is 2.05. The Hall–Kier alpha value is -2.04. The van der Waals surface area contributed by atoms with Gasteiger partial charge in [0.15, 0.2) is 5.17 Å². The summed E-state index contributed by atoms with van der Waals surface area (Å²) in [7, 11) is 0. The summed E-state index contributed by atoms with van der Waals surface area (Å²) >= 11 is 7.56. The fraction of sp³-hybridized carbons (Fsp3) is 0.158. The monoisotopic (exact) mass is 356 g/mol. The predicted molar refractivity (Wildman–Crippen MR) is 104 cm³/mol. The van der Waals surface area contributed by atoms with Gasteiger partial charge in [0.2, 0.25) is 0 Å². The molecule has 5 heteroatoms. The summed E-state index contributed by atoms with van der Waals surface area (Å²) < 4.78 is 0. The normalized spacial score (nSPS) is 17.1. The number of halogens is 1. The summed E-state index contributed by atoms with van der Waals surface area (Å²) in [4.78, 5) is 19.0. The van der Waals surface area contributed by atoms with Crippen molar-refractivity contribution in [2.45, 2.75) is 13.0 Å². The van der Waals surface area contributed by atoms with Crippen LogP contribution in [0.1, 0.15) is 12.5 Å². The minimum Gasteiger partial charge on any atom is -0.269 e. The van der Waals surface area contributed by atoms with Crippen LogP contribution in [0.25, 0.3) is 6.08 Å². The number of nitrogens with zero attached hydrogens (tertiary/aromatic N) is 2. The number of hydrogen-bond acceptors (Lipinski definition) is 3. The first-order valence-electron chi connectivity index (χ1n) is 7.67. The number of anilines is 1. The zero-order valence-corrected chi connectivity index (χ0v) is 14.8. The van der Waals surface area contributed by atoms with Gasteiger partial charge in [-0.1, -0.05) is 53.7 Å². The Bertz CT molecular complexity index is 772. The van der Waals surface area contributed by atoms with Gasteiger partial charge < -0.3 is 0 Å². The molecule has 1 amide bonds. The van der Waals surface area contributed by atoms with Crippen molar-refractivity contribution in [1.29, 1.82) is 0 Å². The van der Waals surface area contributed by atoms with Gasteiger partial charge >= 0.3 is 0 Å². The zero-order chi connectivity index (χ0) is 16.9. The lowest BCUT2D eigenvalue weighted by Crippen LogP contribution is -2.33. The van der Waals surface area contributed by atoms with Gasteiger partial charge in [0.1, 0.15) is 0 Å². The Morgan fingerprint density at radius 3 is 2.54 bits per heavy atom. The molecular weight excluding hydrogens is 340 g/mol. The molecule has 0 saturated heterocycles. The maximum absolute atomic E-state index is 12.8. The molecule has 0 saturated carbocycles. The molecule has 1 aliphatic rings. The molecule has 0 aromatic heterocycles. The van der Waals surface area contributed by atoms with Crippen LogP contribution in [0, 0.1) is 0 Å². The van der Waals surface area contributed by atoms with Gasteiger partial charge in [-0.2, -0.15) is 0 Å². The summed E-state index contributed by atoms with van der Waals surface area (Å²) in [5, 5.41) is 1.37. The molecule has 0 bridgehead atoms. The van der Waals surface area contributed by atoms with Crippen LogP contribution >= 0.6 is 23.4 Å². The first kappa shape index (κ1) is 16.8. The van der Waals surface area contributed by atoms with Gasteiger partial charge in [0.05, 0.1) is 11.7 Å². The molecule has 3 rings (SSSR count). The fourth-order valence-corrected chi connectivity index (χ4v) is 3.48. The number of amides is 1. The Kier molecular flexibility index (Phi) is 5.38. The van der Waals surface area contributed by atoms with E-state index in [0.717, 1.165) is 22.2 Å². The lowest BCUT2D eigenvalue weighted by molar-refractivity contribution is -0.113. The zero-order valence-electron chi connectivity index (χ0n) is 13.2. The van der Waals surface area contributed by atoms with E-state index in [-0.39, 0.29) is 11.9 Å². The number of rotatable bonds is 3. The molecule has 2 aromatic rings. The maximum Gasteiger partial charge on any atom is 0.257 e. The summed E-state index contributed by atoms with van der Waals surface area (Å²) in [5.41, 5.74) is 1.75. The molecule has 1 unspecified atom stereocenters. The molecule has 3 nitrogen and oxygen atoms in total. The highest BCUT2D eigenvalue weighted by molar-refractivity contribution is 8.14. The van der Waals surface area contributed by atoms with E-state index in [1.165, 1.54) is 0 Å². The number of amidine groups is 1. The highest BCUT2D eigenvalue weighted by Crippen LogP contribution is 2.27. The Morgan fingerprint density at radius 2 is 1.92 bits per heavy atom. The van der Waals surface area contributed by atoms with Crippen molar-refractivity contribution in [2.75, 3.05) is 10.7 Å². The molecular formula is C19H17ClN2OS. The van der Waals surface area contributed by atoms with E-state index in [1.54, 1.807) is 34.9 Å². The van der Waals surface area contributed by atoms with Crippen molar-refractivity contribution in [3.8, 4) is 0 Å². The second-order valence-electron chi connectivity index (χ2n) is 5.47. The molecule has 2 aromatic carbocycles. The third kappa shape index (κ3) is 4.08. The van der Waals surface area contributed by atoms with Crippen molar-refractivity contribution < 1.29 is 4.79 Å². The van der Waals surface area contributed by atoms with Crippen molar-refractivity contribution in [2.24, 2.45) is 4.99 Å². The number of thioether (sulfide) groups is 1. The largest absolute Gasteiger partial charge is 0.269 e. The average Bonchev–Trinajstić information content (AvgIpc) is 3.02. The van der Waals surface area contributed by atoms with Crippen molar-refractivity contribution in [3.05, 3.63) is 71.3 Å². The molecule has 0 N–H and O–H groups in total. The van der Waals surface area contributed by atoms with Crippen molar-refractivity contribution in [3.63, 3.8) is 0 Å². The number of benzene rings is 2. The summed E-state index contributed by atoms with van der Waals surface area (Å²) in [6.07, 6.45) is 3.39. The molecule has 1 heterocycles. The third-order valence-electron chi connectivity index (χ3n) is 3.50. The van der Waals surface area contributed by atoms with E-state index in [1.807, 2.05) is 55.5 Å². The van der Waals surface area contributed by atoms with Gasteiger partial charge in [-0.25, -0.2) is 0 Å². The van der Waals surface area contributed by atoms with Gasteiger partial charge in [0, 0.05) is 16.9 Å². The lowest BCUT2D eigenvalue weighted by Gasteiger charge is -2.20. The van der Waals surface area contributed by atoms with E-state index in [2.05, 4.69) is 4.99 Å². The highest BCUT2D eigenvalue weighted by Gasteiger charge is 2.25. The van der Waals surface area contributed by atoms with Gasteiger partial charge in [-0.05, 0) is 42.8 Å². The Labute approximate surface area is 151 Å². The summed E-state index contributed by atoms with van der Waals surface area (Å²) in [6, 6.07) is 17.2. The van der Waals surface area contributed by atoms with Crippen LogP contribution in [-0.2, 0) is 4.79 Å². The first-order valence-corrected chi connectivity index (χ1v) is 9.03. The van der Waals surface area contributed by atoms with E-state index >= 15 is 0 Å². The summed E-state index contributed by atoms with van der Waals surface area (Å²) in [5.74, 6) is 0.760. The molecule has 0 aliphatic carbocycles. The molecule has 24 heavy (non-hydrogen) atoms. The topological polar surface area (TPSA) is 32.7 Å². The molecule has 0 fully saturated rings.